The van der Waals surface area contributed by atoms with Gasteiger partial charge in [-0.05, 0) is 24.3 Å². The third kappa shape index (κ3) is 2.35. The van der Waals surface area contributed by atoms with Gasteiger partial charge in [-0.1, -0.05) is 11.6 Å². The Hall–Kier alpha value is -1.52. The molecule has 1 heterocycles. The van der Waals surface area contributed by atoms with Crippen molar-refractivity contribution >= 4 is 29.2 Å². The lowest BCUT2D eigenvalue weighted by molar-refractivity contribution is 0.112. The average Bonchev–Trinajstić information content (AvgIpc) is 2.83. The fraction of sp³-hybridized carbons (Fsp3) is 0.154. The molecule has 2 aromatic rings. The molecular formula is C13H11ClO3S. The van der Waals surface area contributed by atoms with E-state index in [4.69, 9.17) is 21.1 Å². The lowest BCUT2D eigenvalue weighted by Gasteiger charge is -2.11. The summed E-state index contributed by atoms with van der Waals surface area (Å²) in [5.74, 6) is 1.12. The molecule has 1 aromatic carbocycles. The number of rotatable bonds is 4. The molecule has 2 rings (SSSR count). The molecular weight excluding hydrogens is 272 g/mol. The second kappa shape index (κ2) is 5.42. The Labute approximate surface area is 114 Å². The highest BCUT2D eigenvalue weighted by Crippen LogP contribution is 2.38. The van der Waals surface area contributed by atoms with E-state index in [1.807, 2.05) is 6.07 Å². The lowest BCUT2D eigenvalue weighted by atomic mass is 10.1. The number of methoxy groups -OCH3 is 2. The number of aldehydes is 1. The molecule has 5 heteroatoms. The number of hydrogen-bond acceptors (Lipinski definition) is 4. The Kier molecular flexibility index (Phi) is 3.89. The molecule has 0 aliphatic rings. The van der Waals surface area contributed by atoms with Crippen molar-refractivity contribution in [2.24, 2.45) is 0 Å². The van der Waals surface area contributed by atoms with E-state index >= 15 is 0 Å². The summed E-state index contributed by atoms with van der Waals surface area (Å²) < 4.78 is 11.1. The topological polar surface area (TPSA) is 35.5 Å². The van der Waals surface area contributed by atoms with E-state index in [2.05, 4.69) is 0 Å². The first-order valence-electron chi connectivity index (χ1n) is 5.16. The summed E-state index contributed by atoms with van der Waals surface area (Å²) in [6.07, 6.45) is 0.797. The standard InChI is InChI=1S/C13H11ClO3S/c1-16-10-5-8(7-15)9(6-11(10)17-2)12-3-4-13(14)18-12/h3-7H,1-2H3. The number of carbonyl (C=O) groups is 1. The summed E-state index contributed by atoms with van der Waals surface area (Å²) in [7, 11) is 3.09. The van der Waals surface area contributed by atoms with E-state index in [0.29, 0.717) is 21.4 Å². The maximum Gasteiger partial charge on any atom is 0.161 e. The molecule has 0 saturated heterocycles. The van der Waals surface area contributed by atoms with Crippen LogP contribution >= 0.6 is 22.9 Å². The van der Waals surface area contributed by atoms with E-state index < -0.39 is 0 Å². The Morgan fingerprint density at radius 3 is 2.33 bits per heavy atom. The first-order chi connectivity index (χ1) is 8.69. The van der Waals surface area contributed by atoms with Crippen molar-refractivity contribution in [3.8, 4) is 21.9 Å². The quantitative estimate of drug-likeness (QED) is 0.798. The number of hydrogen-bond donors (Lipinski definition) is 0. The van der Waals surface area contributed by atoms with E-state index in [-0.39, 0.29) is 0 Å². The van der Waals surface area contributed by atoms with Gasteiger partial charge < -0.3 is 9.47 Å². The minimum Gasteiger partial charge on any atom is -0.493 e. The smallest absolute Gasteiger partial charge is 0.161 e. The Balaban J connectivity index is 2.62. The minimum atomic E-state index is 0.533. The largest absolute Gasteiger partial charge is 0.493 e. The molecule has 0 aliphatic heterocycles. The van der Waals surface area contributed by atoms with Crippen LogP contribution in [-0.2, 0) is 0 Å². The van der Waals surface area contributed by atoms with Gasteiger partial charge in [0.2, 0.25) is 0 Å². The predicted molar refractivity (Wildman–Crippen MR) is 73.3 cm³/mol. The molecule has 0 bridgehead atoms. The zero-order valence-corrected chi connectivity index (χ0v) is 11.5. The van der Waals surface area contributed by atoms with Crippen LogP contribution in [0.1, 0.15) is 10.4 Å². The van der Waals surface area contributed by atoms with Crippen LogP contribution < -0.4 is 9.47 Å². The molecule has 0 amide bonds. The highest BCUT2D eigenvalue weighted by molar-refractivity contribution is 7.19. The van der Waals surface area contributed by atoms with E-state index in [1.165, 1.54) is 18.4 Å². The maximum absolute atomic E-state index is 11.2. The first-order valence-corrected chi connectivity index (χ1v) is 6.36. The highest BCUT2D eigenvalue weighted by atomic mass is 35.5. The lowest BCUT2D eigenvalue weighted by Crippen LogP contribution is -1.94. The van der Waals surface area contributed by atoms with Crippen LogP contribution in [0.25, 0.3) is 10.4 Å². The zero-order valence-electron chi connectivity index (χ0n) is 9.90. The van der Waals surface area contributed by atoms with Crippen LogP contribution in [0.5, 0.6) is 11.5 Å². The van der Waals surface area contributed by atoms with Gasteiger partial charge in [0.1, 0.15) is 0 Å². The second-order valence-corrected chi connectivity index (χ2v) is 5.23. The molecule has 0 unspecified atom stereocenters. The predicted octanol–water partition coefficient (Wildman–Crippen LogP) is 3.90. The Morgan fingerprint density at radius 2 is 1.83 bits per heavy atom. The summed E-state index contributed by atoms with van der Waals surface area (Å²) in [4.78, 5) is 12.1. The van der Waals surface area contributed by atoms with E-state index in [0.717, 1.165) is 16.7 Å². The molecule has 0 saturated carbocycles. The molecule has 0 radical (unpaired) electrons. The van der Waals surface area contributed by atoms with Gasteiger partial charge in [-0.15, -0.1) is 11.3 Å². The van der Waals surface area contributed by atoms with Crippen LogP contribution in [-0.4, -0.2) is 20.5 Å². The van der Waals surface area contributed by atoms with Crippen LogP contribution in [0, 0.1) is 0 Å². The molecule has 0 spiro atoms. The number of ether oxygens (including phenoxy) is 2. The SMILES string of the molecule is COc1cc(C=O)c(-c2ccc(Cl)s2)cc1OC. The summed E-state index contributed by atoms with van der Waals surface area (Å²) >= 11 is 7.33. The van der Waals surface area contributed by atoms with Crippen molar-refractivity contribution in [2.45, 2.75) is 0 Å². The molecule has 0 N–H and O–H groups in total. The fourth-order valence-electron chi connectivity index (χ4n) is 1.66. The molecule has 0 aliphatic carbocycles. The van der Waals surface area contributed by atoms with Crippen LogP contribution in [0.4, 0.5) is 0 Å². The van der Waals surface area contributed by atoms with Crippen molar-refractivity contribution in [3.63, 3.8) is 0 Å². The summed E-state index contributed by atoms with van der Waals surface area (Å²) in [6, 6.07) is 7.12. The monoisotopic (exact) mass is 282 g/mol. The van der Waals surface area contributed by atoms with Gasteiger partial charge in [-0.25, -0.2) is 0 Å². The minimum absolute atomic E-state index is 0.533. The summed E-state index contributed by atoms with van der Waals surface area (Å²) in [5.41, 5.74) is 1.34. The Bertz CT molecular complexity index is 578. The maximum atomic E-state index is 11.2. The third-order valence-electron chi connectivity index (χ3n) is 2.52. The third-order valence-corrected chi connectivity index (χ3v) is 3.79. The van der Waals surface area contributed by atoms with Gasteiger partial charge in [-0.2, -0.15) is 0 Å². The highest BCUT2D eigenvalue weighted by Gasteiger charge is 2.13. The number of carbonyl (C=O) groups excluding carboxylic acids is 1. The van der Waals surface area contributed by atoms with Gasteiger partial charge in [0, 0.05) is 16.0 Å². The molecule has 1 aromatic heterocycles. The van der Waals surface area contributed by atoms with E-state index in [9.17, 15) is 4.79 Å². The zero-order chi connectivity index (χ0) is 13.1. The molecule has 94 valence electrons. The Morgan fingerprint density at radius 1 is 1.17 bits per heavy atom. The fourth-order valence-corrected chi connectivity index (χ4v) is 2.75. The van der Waals surface area contributed by atoms with Gasteiger partial charge in [0.25, 0.3) is 0 Å². The van der Waals surface area contributed by atoms with Crippen molar-refractivity contribution in [1.82, 2.24) is 0 Å². The van der Waals surface area contributed by atoms with Gasteiger partial charge in [0.15, 0.2) is 17.8 Å². The number of halogens is 1. The molecule has 3 nitrogen and oxygen atoms in total. The van der Waals surface area contributed by atoms with Gasteiger partial charge in [0.05, 0.1) is 18.6 Å². The number of benzene rings is 1. The van der Waals surface area contributed by atoms with Crippen molar-refractivity contribution < 1.29 is 14.3 Å². The van der Waals surface area contributed by atoms with Crippen LogP contribution in [0.15, 0.2) is 24.3 Å². The second-order valence-electron chi connectivity index (χ2n) is 3.52. The summed E-state index contributed by atoms with van der Waals surface area (Å²) in [6.45, 7) is 0. The normalized spacial score (nSPS) is 10.2. The van der Waals surface area contributed by atoms with E-state index in [1.54, 1.807) is 25.3 Å². The van der Waals surface area contributed by atoms with Gasteiger partial charge >= 0.3 is 0 Å². The first kappa shape index (κ1) is 12.9. The molecule has 0 atom stereocenters. The van der Waals surface area contributed by atoms with Crippen LogP contribution in [0.2, 0.25) is 4.34 Å². The van der Waals surface area contributed by atoms with Gasteiger partial charge in [-0.3, -0.25) is 4.79 Å². The van der Waals surface area contributed by atoms with Crippen molar-refractivity contribution in [2.75, 3.05) is 14.2 Å². The summed E-state index contributed by atoms with van der Waals surface area (Å²) in [5, 5.41) is 0. The molecule has 0 fully saturated rings. The van der Waals surface area contributed by atoms with Crippen molar-refractivity contribution in [1.29, 1.82) is 0 Å². The molecule has 18 heavy (non-hydrogen) atoms. The van der Waals surface area contributed by atoms with Crippen molar-refractivity contribution in [3.05, 3.63) is 34.2 Å². The average molecular weight is 283 g/mol. The van der Waals surface area contributed by atoms with Crippen LogP contribution in [0.3, 0.4) is 0 Å². The number of thiophene rings is 1.